The fourth-order valence-electron chi connectivity index (χ4n) is 0.764. The first-order valence-electron chi connectivity index (χ1n) is 3.15. The fourth-order valence-corrected chi connectivity index (χ4v) is 1.24. The Balaban J connectivity index is 2.98. The van der Waals surface area contributed by atoms with Crippen LogP contribution in [-0.2, 0) is 0 Å². The normalized spacial score (nSPS) is 9.64. The molecular weight excluding hydrogens is 179 g/mol. The zero-order valence-electron chi connectivity index (χ0n) is 5.85. The Labute approximate surface area is 76.4 Å². The van der Waals surface area contributed by atoms with Gasteiger partial charge in [0.05, 0.1) is 0 Å². The maximum absolute atomic E-state index is 5.84. The van der Waals surface area contributed by atoms with Crippen LogP contribution >= 0.6 is 23.2 Å². The van der Waals surface area contributed by atoms with Gasteiger partial charge in [-0.1, -0.05) is 35.3 Å². The lowest BCUT2D eigenvalue weighted by Gasteiger charge is -1.99. The monoisotopic (exact) mass is 185 g/mol. The van der Waals surface area contributed by atoms with Crippen LogP contribution in [0.25, 0.3) is 0 Å². The van der Waals surface area contributed by atoms with Crippen LogP contribution in [0.5, 0.6) is 0 Å². The summed E-state index contributed by atoms with van der Waals surface area (Å²) in [6.45, 7) is 3.57. The predicted octanol–water partition coefficient (Wildman–Crippen LogP) is 3.73. The zero-order valence-corrected chi connectivity index (χ0v) is 7.36. The first-order valence-corrected chi connectivity index (χ1v) is 3.90. The van der Waals surface area contributed by atoms with E-state index in [1.807, 2.05) is 12.5 Å². The Bertz CT molecular complexity index is 266. The van der Waals surface area contributed by atoms with Gasteiger partial charge in [0, 0.05) is 16.5 Å². The van der Waals surface area contributed by atoms with E-state index in [0.717, 1.165) is 5.56 Å². The van der Waals surface area contributed by atoms with Crippen molar-refractivity contribution in [2.24, 2.45) is 0 Å². The van der Waals surface area contributed by atoms with Gasteiger partial charge in [-0.3, -0.25) is 0 Å². The second kappa shape index (κ2) is 3.80. The van der Waals surface area contributed by atoms with E-state index in [1.54, 1.807) is 18.2 Å². The molecule has 57 valence electrons. The van der Waals surface area contributed by atoms with Gasteiger partial charge in [-0.15, -0.1) is 6.58 Å². The molecule has 11 heavy (non-hydrogen) atoms. The summed E-state index contributed by atoms with van der Waals surface area (Å²) in [4.78, 5) is 0. The van der Waals surface area contributed by atoms with E-state index in [2.05, 4.69) is 6.58 Å². The molecule has 0 saturated carbocycles. The van der Waals surface area contributed by atoms with Crippen molar-refractivity contribution in [1.82, 2.24) is 0 Å². The van der Waals surface area contributed by atoms with Crippen LogP contribution < -0.4 is 0 Å². The third-order valence-electron chi connectivity index (χ3n) is 1.26. The van der Waals surface area contributed by atoms with E-state index in [0.29, 0.717) is 10.0 Å². The average molecular weight is 186 g/mol. The molecule has 0 N–H and O–H groups in total. The Morgan fingerprint density at radius 1 is 1.27 bits per heavy atom. The van der Waals surface area contributed by atoms with Gasteiger partial charge in [0.25, 0.3) is 0 Å². The highest BCUT2D eigenvalue weighted by molar-refractivity contribution is 6.35. The van der Waals surface area contributed by atoms with Gasteiger partial charge in [-0.25, -0.2) is 0 Å². The molecule has 0 unspecified atom stereocenters. The van der Waals surface area contributed by atoms with Crippen molar-refractivity contribution >= 4 is 23.2 Å². The molecule has 0 spiro atoms. The van der Waals surface area contributed by atoms with Gasteiger partial charge in [-0.05, 0) is 17.7 Å². The molecule has 0 aromatic heterocycles. The van der Waals surface area contributed by atoms with E-state index in [4.69, 9.17) is 23.2 Å². The molecule has 1 aromatic carbocycles. The summed E-state index contributed by atoms with van der Waals surface area (Å²) in [5, 5.41) is 1.30. The lowest BCUT2D eigenvalue weighted by Crippen LogP contribution is -1.78. The van der Waals surface area contributed by atoms with Crippen molar-refractivity contribution in [3.05, 3.63) is 52.9 Å². The highest BCUT2D eigenvalue weighted by Crippen LogP contribution is 2.21. The summed E-state index contributed by atoms with van der Waals surface area (Å²) in [5.74, 6) is 0. The van der Waals surface area contributed by atoms with Crippen molar-refractivity contribution in [2.45, 2.75) is 0 Å². The van der Waals surface area contributed by atoms with E-state index in [9.17, 15) is 0 Å². The third kappa shape index (κ3) is 2.25. The minimum Gasteiger partial charge on any atom is -0.102 e. The summed E-state index contributed by atoms with van der Waals surface area (Å²) >= 11 is 11.5. The summed E-state index contributed by atoms with van der Waals surface area (Å²) in [5.41, 5.74) is 0.936. The van der Waals surface area contributed by atoms with Crippen LogP contribution in [0.15, 0.2) is 30.9 Å². The largest absolute Gasteiger partial charge is 0.102 e. The number of halogens is 2. The molecule has 0 aliphatic carbocycles. The number of hydrogen-bond acceptors (Lipinski definition) is 0. The molecule has 1 aromatic rings. The molecule has 0 heterocycles. The fraction of sp³-hybridized carbons (Fsp3) is 0. The van der Waals surface area contributed by atoms with Gasteiger partial charge < -0.3 is 0 Å². The number of benzene rings is 1. The molecule has 0 aliphatic heterocycles. The molecule has 0 atom stereocenters. The van der Waals surface area contributed by atoms with Gasteiger partial charge in [0.1, 0.15) is 0 Å². The lowest BCUT2D eigenvalue weighted by molar-refractivity contribution is 1.53. The molecule has 0 fully saturated rings. The Kier molecular flexibility index (Phi) is 2.98. The number of rotatable bonds is 2. The van der Waals surface area contributed by atoms with E-state index >= 15 is 0 Å². The summed E-state index contributed by atoms with van der Waals surface area (Å²) < 4.78 is 0. The number of hydrogen-bond donors (Lipinski definition) is 0. The van der Waals surface area contributed by atoms with Crippen molar-refractivity contribution in [2.75, 3.05) is 0 Å². The van der Waals surface area contributed by atoms with Crippen LogP contribution in [-0.4, -0.2) is 0 Å². The standard InChI is InChI=1S/C9H7Cl2/c1-2-3-7-4-5-8(10)6-9(7)11/h2-6H,1H2. The summed E-state index contributed by atoms with van der Waals surface area (Å²) in [7, 11) is 0. The van der Waals surface area contributed by atoms with Crippen molar-refractivity contribution < 1.29 is 0 Å². The van der Waals surface area contributed by atoms with Gasteiger partial charge >= 0.3 is 0 Å². The molecule has 0 saturated heterocycles. The third-order valence-corrected chi connectivity index (χ3v) is 1.82. The Hall–Kier alpha value is -0.460. The second-order valence-corrected chi connectivity index (χ2v) is 2.91. The lowest BCUT2D eigenvalue weighted by atomic mass is 10.1. The Morgan fingerprint density at radius 3 is 2.55 bits per heavy atom. The first kappa shape index (κ1) is 8.63. The summed E-state index contributed by atoms with van der Waals surface area (Å²) in [6.07, 6.45) is 3.52. The highest BCUT2D eigenvalue weighted by atomic mass is 35.5. The highest BCUT2D eigenvalue weighted by Gasteiger charge is 1.97. The minimum absolute atomic E-state index is 0.649. The maximum atomic E-state index is 5.84. The predicted molar refractivity (Wildman–Crippen MR) is 50.1 cm³/mol. The quantitative estimate of drug-likeness (QED) is 0.659. The van der Waals surface area contributed by atoms with E-state index in [1.165, 1.54) is 0 Å². The van der Waals surface area contributed by atoms with Crippen molar-refractivity contribution in [3.8, 4) is 0 Å². The molecule has 0 bridgehead atoms. The summed E-state index contributed by atoms with van der Waals surface area (Å²) in [6, 6.07) is 5.35. The average Bonchev–Trinajstić information content (AvgIpc) is 1.95. The van der Waals surface area contributed by atoms with Gasteiger partial charge in [0.2, 0.25) is 0 Å². The van der Waals surface area contributed by atoms with Crippen LogP contribution in [0.4, 0.5) is 0 Å². The van der Waals surface area contributed by atoms with Crippen LogP contribution in [0.2, 0.25) is 10.0 Å². The van der Waals surface area contributed by atoms with Crippen LogP contribution in [0, 0.1) is 6.42 Å². The molecule has 0 aliphatic rings. The maximum Gasteiger partial charge on any atom is 0.0459 e. The van der Waals surface area contributed by atoms with Gasteiger partial charge in [0.15, 0.2) is 0 Å². The number of allylic oxidation sites excluding steroid dienone is 1. The smallest absolute Gasteiger partial charge is 0.0459 e. The first-order chi connectivity index (χ1) is 5.24. The molecule has 1 rings (SSSR count). The van der Waals surface area contributed by atoms with Gasteiger partial charge in [-0.2, -0.15) is 0 Å². The van der Waals surface area contributed by atoms with E-state index in [-0.39, 0.29) is 0 Å². The Morgan fingerprint density at radius 2 is 2.00 bits per heavy atom. The molecule has 1 radical (unpaired) electrons. The van der Waals surface area contributed by atoms with E-state index < -0.39 is 0 Å². The SMILES string of the molecule is C=C[CH]c1ccc(Cl)cc1Cl. The van der Waals surface area contributed by atoms with Crippen molar-refractivity contribution in [1.29, 1.82) is 0 Å². The molecule has 2 heteroatoms. The molecule has 0 nitrogen and oxygen atoms in total. The zero-order chi connectivity index (χ0) is 8.27. The minimum atomic E-state index is 0.649. The molecule has 0 amide bonds. The molecular formula is C9H7Cl2. The van der Waals surface area contributed by atoms with Crippen LogP contribution in [0.1, 0.15) is 5.56 Å². The second-order valence-electron chi connectivity index (χ2n) is 2.07. The van der Waals surface area contributed by atoms with Crippen molar-refractivity contribution in [3.63, 3.8) is 0 Å². The van der Waals surface area contributed by atoms with Crippen LogP contribution in [0.3, 0.4) is 0 Å². The topological polar surface area (TPSA) is 0 Å².